The standard InChI is InChI=1S/C14H9ClO/c15-13-8-11-6-7-16-14(11)9-12(13)10-4-2-1-3-5-10/h1-9H. The zero-order chi connectivity index (χ0) is 11.0. The zero-order valence-corrected chi connectivity index (χ0v) is 9.24. The first-order valence-electron chi connectivity index (χ1n) is 5.07. The molecule has 2 heteroatoms. The largest absolute Gasteiger partial charge is 0.464 e. The minimum absolute atomic E-state index is 0.750. The maximum absolute atomic E-state index is 6.25. The number of fused-ring (bicyclic) bond motifs is 1. The van der Waals surface area contributed by atoms with Gasteiger partial charge in [-0.1, -0.05) is 41.9 Å². The Hall–Kier alpha value is -1.73. The molecular weight excluding hydrogens is 220 g/mol. The predicted octanol–water partition coefficient (Wildman–Crippen LogP) is 4.75. The van der Waals surface area contributed by atoms with Crippen LogP contribution >= 0.6 is 11.6 Å². The van der Waals surface area contributed by atoms with Crippen LogP contribution in [-0.4, -0.2) is 0 Å². The molecule has 0 atom stereocenters. The molecule has 3 rings (SSSR count). The third kappa shape index (κ3) is 1.50. The Kier molecular flexibility index (Phi) is 2.19. The van der Waals surface area contributed by atoms with Gasteiger partial charge in [0.15, 0.2) is 0 Å². The first-order valence-corrected chi connectivity index (χ1v) is 5.44. The van der Waals surface area contributed by atoms with E-state index in [-0.39, 0.29) is 0 Å². The Morgan fingerprint density at radius 2 is 1.75 bits per heavy atom. The number of halogens is 1. The molecule has 78 valence electrons. The van der Waals surface area contributed by atoms with Crippen molar-refractivity contribution in [3.63, 3.8) is 0 Å². The van der Waals surface area contributed by atoms with E-state index in [1.807, 2.05) is 48.5 Å². The van der Waals surface area contributed by atoms with Gasteiger partial charge < -0.3 is 4.42 Å². The lowest BCUT2D eigenvalue weighted by molar-refractivity contribution is 0.616. The molecule has 0 saturated carbocycles. The van der Waals surface area contributed by atoms with Crippen molar-refractivity contribution in [2.75, 3.05) is 0 Å². The van der Waals surface area contributed by atoms with Gasteiger partial charge in [-0.15, -0.1) is 0 Å². The summed E-state index contributed by atoms with van der Waals surface area (Å²) in [6, 6.07) is 15.9. The molecule has 0 bridgehead atoms. The molecule has 2 aromatic carbocycles. The highest BCUT2D eigenvalue weighted by molar-refractivity contribution is 6.34. The monoisotopic (exact) mass is 228 g/mol. The van der Waals surface area contributed by atoms with E-state index < -0.39 is 0 Å². The van der Waals surface area contributed by atoms with Gasteiger partial charge in [0.2, 0.25) is 0 Å². The summed E-state index contributed by atoms with van der Waals surface area (Å²) in [4.78, 5) is 0. The minimum Gasteiger partial charge on any atom is -0.464 e. The number of hydrogen-bond acceptors (Lipinski definition) is 1. The van der Waals surface area contributed by atoms with E-state index in [1.54, 1.807) is 6.26 Å². The molecule has 1 nitrogen and oxygen atoms in total. The van der Waals surface area contributed by atoms with E-state index in [0.717, 1.165) is 27.1 Å². The van der Waals surface area contributed by atoms with Gasteiger partial charge in [0, 0.05) is 16.0 Å². The van der Waals surface area contributed by atoms with E-state index >= 15 is 0 Å². The van der Waals surface area contributed by atoms with Crippen molar-refractivity contribution in [1.29, 1.82) is 0 Å². The second-order valence-electron chi connectivity index (χ2n) is 3.66. The van der Waals surface area contributed by atoms with Gasteiger partial charge in [0.05, 0.1) is 6.26 Å². The molecule has 1 heterocycles. The van der Waals surface area contributed by atoms with Crippen LogP contribution in [0.4, 0.5) is 0 Å². The molecule has 0 aliphatic rings. The highest BCUT2D eigenvalue weighted by atomic mass is 35.5. The molecule has 0 spiro atoms. The first kappa shape index (κ1) is 9.49. The van der Waals surface area contributed by atoms with Gasteiger partial charge in [-0.25, -0.2) is 0 Å². The fraction of sp³-hybridized carbons (Fsp3) is 0. The quantitative estimate of drug-likeness (QED) is 0.586. The highest BCUT2D eigenvalue weighted by Gasteiger charge is 2.06. The Labute approximate surface area is 98.3 Å². The van der Waals surface area contributed by atoms with Crippen molar-refractivity contribution >= 4 is 22.6 Å². The van der Waals surface area contributed by atoms with Crippen LogP contribution < -0.4 is 0 Å². The van der Waals surface area contributed by atoms with Crippen molar-refractivity contribution in [3.05, 3.63) is 59.8 Å². The van der Waals surface area contributed by atoms with Crippen molar-refractivity contribution in [2.45, 2.75) is 0 Å². The Bertz CT molecular complexity index is 626. The summed E-state index contributed by atoms with van der Waals surface area (Å²) in [5.74, 6) is 0. The molecule has 0 fully saturated rings. The third-order valence-electron chi connectivity index (χ3n) is 2.63. The van der Waals surface area contributed by atoms with Gasteiger partial charge in [-0.05, 0) is 23.8 Å². The third-order valence-corrected chi connectivity index (χ3v) is 2.94. The van der Waals surface area contributed by atoms with Crippen LogP contribution in [0.15, 0.2) is 59.2 Å². The summed E-state index contributed by atoms with van der Waals surface area (Å²) in [6.45, 7) is 0. The SMILES string of the molecule is Clc1cc2ccoc2cc1-c1ccccc1. The van der Waals surface area contributed by atoms with E-state index in [2.05, 4.69) is 0 Å². The van der Waals surface area contributed by atoms with Crippen LogP contribution in [0.25, 0.3) is 22.1 Å². The summed E-state index contributed by atoms with van der Waals surface area (Å²) in [5, 5.41) is 1.78. The van der Waals surface area contributed by atoms with E-state index in [4.69, 9.17) is 16.0 Å². The van der Waals surface area contributed by atoms with E-state index in [0.29, 0.717) is 0 Å². The normalized spacial score (nSPS) is 10.8. The lowest BCUT2D eigenvalue weighted by atomic mass is 10.0. The summed E-state index contributed by atoms with van der Waals surface area (Å²) in [5.41, 5.74) is 2.97. The molecule has 3 aromatic rings. The molecule has 0 N–H and O–H groups in total. The van der Waals surface area contributed by atoms with Crippen LogP contribution in [0.5, 0.6) is 0 Å². The van der Waals surface area contributed by atoms with Gasteiger partial charge in [-0.2, -0.15) is 0 Å². The first-order chi connectivity index (χ1) is 7.84. The second-order valence-corrected chi connectivity index (χ2v) is 4.06. The average Bonchev–Trinajstić information content (AvgIpc) is 2.76. The lowest BCUT2D eigenvalue weighted by Gasteiger charge is -2.04. The van der Waals surface area contributed by atoms with Crippen LogP contribution in [0.2, 0.25) is 5.02 Å². The Balaban J connectivity index is 2.27. The topological polar surface area (TPSA) is 13.1 Å². The van der Waals surface area contributed by atoms with Crippen molar-refractivity contribution in [3.8, 4) is 11.1 Å². The molecule has 0 saturated heterocycles. The molecule has 0 unspecified atom stereocenters. The highest BCUT2D eigenvalue weighted by Crippen LogP contribution is 2.32. The van der Waals surface area contributed by atoms with E-state index in [9.17, 15) is 0 Å². The van der Waals surface area contributed by atoms with Crippen molar-refractivity contribution < 1.29 is 4.42 Å². The molecule has 16 heavy (non-hydrogen) atoms. The van der Waals surface area contributed by atoms with Crippen molar-refractivity contribution in [2.24, 2.45) is 0 Å². The number of rotatable bonds is 1. The number of furan rings is 1. The average molecular weight is 229 g/mol. The Morgan fingerprint density at radius 3 is 2.56 bits per heavy atom. The summed E-state index contributed by atoms with van der Waals surface area (Å²) in [7, 11) is 0. The molecule has 0 aliphatic carbocycles. The smallest absolute Gasteiger partial charge is 0.134 e. The fourth-order valence-corrected chi connectivity index (χ4v) is 2.10. The summed E-state index contributed by atoms with van der Waals surface area (Å²) in [6.07, 6.45) is 1.68. The fourth-order valence-electron chi connectivity index (χ4n) is 1.82. The molecule has 1 aromatic heterocycles. The van der Waals surface area contributed by atoms with Crippen LogP contribution in [0.3, 0.4) is 0 Å². The summed E-state index contributed by atoms with van der Waals surface area (Å²) >= 11 is 6.25. The molecule has 0 amide bonds. The zero-order valence-electron chi connectivity index (χ0n) is 8.48. The van der Waals surface area contributed by atoms with Crippen LogP contribution in [0, 0.1) is 0 Å². The predicted molar refractivity (Wildman–Crippen MR) is 66.7 cm³/mol. The Morgan fingerprint density at radius 1 is 0.938 bits per heavy atom. The minimum atomic E-state index is 0.750. The van der Waals surface area contributed by atoms with Crippen LogP contribution in [-0.2, 0) is 0 Å². The van der Waals surface area contributed by atoms with E-state index in [1.165, 1.54) is 0 Å². The summed E-state index contributed by atoms with van der Waals surface area (Å²) < 4.78 is 5.38. The lowest BCUT2D eigenvalue weighted by Crippen LogP contribution is -1.78. The van der Waals surface area contributed by atoms with Gasteiger partial charge in [0.25, 0.3) is 0 Å². The van der Waals surface area contributed by atoms with Crippen LogP contribution in [0.1, 0.15) is 0 Å². The van der Waals surface area contributed by atoms with Gasteiger partial charge in [-0.3, -0.25) is 0 Å². The van der Waals surface area contributed by atoms with Gasteiger partial charge in [0.1, 0.15) is 5.58 Å². The molecule has 0 aliphatic heterocycles. The van der Waals surface area contributed by atoms with Gasteiger partial charge >= 0.3 is 0 Å². The maximum Gasteiger partial charge on any atom is 0.134 e. The maximum atomic E-state index is 6.25. The molecule has 0 radical (unpaired) electrons. The molecular formula is C14H9ClO. The van der Waals surface area contributed by atoms with Crippen molar-refractivity contribution in [1.82, 2.24) is 0 Å². The number of hydrogen-bond donors (Lipinski definition) is 0. The number of benzene rings is 2. The second kappa shape index (κ2) is 3.69.